The Balaban J connectivity index is 2.07. The average molecular weight is 314 g/mol. The topological polar surface area (TPSA) is 12.0 Å². The molecular weight excluding hydrogens is 298 g/mol. The molecule has 0 bridgehead atoms. The zero-order chi connectivity index (χ0) is 14.8. The molecule has 1 aliphatic heterocycles. The van der Waals surface area contributed by atoms with Gasteiger partial charge in [-0.2, -0.15) is 0 Å². The third-order valence-electron chi connectivity index (χ3n) is 3.66. The molecule has 0 aliphatic carbocycles. The van der Waals surface area contributed by atoms with Crippen molar-refractivity contribution in [2.45, 2.75) is 35.2 Å². The lowest BCUT2D eigenvalue weighted by atomic mass is 9.98. The Hall–Kier alpha value is -1.40. The Morgan fingerprint density at radius 1 is 1.29 bits per heavy atom. The predicted molar refractivity (Wildman–Crippen MR) is 89.9 cm³/mol. The fourth-order valence-electron chi connectivity index (χ4n) is 2.60. The summed E-state index contributed by atoms with van der Waals surface area (Å²) < 4.78 is 0. The smallest absolute Gasteiger partial charge is 0.0663 e. The number of hydrogen-bond donors (Lipinski definition) is 1. The minimum absolute atomic E-state index is 0.0251. The third kappa shape index (κ3) is 3.11. The van der Waals surface area contributed by atoms with Crippen molar-refractivity contribution in [3.05, 3.63) is 58.6 Å². The van der Waals surface area contributed by atoms with Crippen molar-refractivity contribution in [2.75, 3.05) is 0 Å². The normalized spacial score (nSPS) is 18.0. The third-order valence-corrected chi connectivity index (χ3v) is 5.11. The summed E-state index contributed by atoms with van der Waals surface area (Å²) in [4.78, 5) is 2.55. The molecule has 1 N–H and O–H groups in total. The molecule has 2 aromatic carbocycles. The van der Waals surface area contributed by atoms with Crippen LogP contribution in [0.3, 0.4) is 0 Å². The van der Waals surface area contributed by atoms with Crippen LogP contribution in [0, 0.1) is 12.3 Å². The minimum atomic E-state index is 0.0251. The average Bonchev–Trinajstić information content (AvgIpc) is 2.64. The van der Waals surface area contributed by atoms with Crippen LogP contribution in [0.4, 0.5) is 0 Å². The van der Waals surface area contributed by atoms with Crippen molar-refractivity contribution in [2.24, 2.45) is 0 Å². The van der Waals surface area contributed by atoms with Crippen LogP contribution in [0.5, 0.6) is 0 Å². The molecule has 0 radical (unpaired) electrons. The quantitative estimate of drug-likeness (QED) is 0.807. The molecular formula is C18H16ClNS. The van der Waals surface area contributed by atoms with Gasteiger partial charge in [0.1, 0.15) is 0 Å². The van der Waals surface area contributed by atoms with Crippen LogP contribution in [0.1, 0.15) is 24.1 Å². The van der Waals surface area contributed by atoms with Gasteiger partial charge < -0.3 is 0 Å². The number of halogens is 1. The second-order valence-corrected chi connectivity index (χ2v) is 6.72. The summed E-state index contributed by atoms with van der Waals surface area (Å²) in [5, 5.41) is 4.29. The van der Waals surface area contributed by atoms with Crippen LogP contribution in [0.25, 0.3) is 0 Å². The Kier molecular flexibility index (Phi) is 4.26. The molecule has 1 aliphatic rings. The van der Waals surface area contributed by atoms with E-state index in [1.165, 1.54) is 20.9 Å². The summed E-state index contributed by atoms with van der Waals surface area (Å²) in [5.74, 6) is 2.75. The summed E-state index contributed by atoms with van der Waals surface area (Å²) in [7, 11) is 0. The van der Waals surface area contributed by atoms with E-state index in [9.17, 15) is 0 Å². The fourth-order valence-corrected chi connectivity index (χ4v) is 3.91. The van der Waals surface area contributed by atoms with Crippen LogP contribution in [-0.2, 0) is 6.42 Å². The summed E-state index contributed by atoms with van der Waals surface area (Å²) in [5.41, 5.74) is 2.57. The summed E-state index contributed by atoms with van der Waals surface area (Å²) >= 11 is 8.00. The minimum Gasteiger partial charge on any atom is -0.297 e. The number of hydrogen-bond acceptors (Lipinski definition) is 2. The zero-order valence-corrected chi connectivity index (χ0v) is 13.3. The van der Waals surface area contributed by atoms with E-state index in [-0.39, 0.29) is 12.1 Å². The first-order chi connectivity index (χ1) is 10.2. The lowest BCUT2D eigenvalue weighted by molar-refractivity contribution is 0.501. The fraction of sp³-hybridized carbons (Fsp3) is 0.222. The molecule has 0 saturated carbocycles. The molecule has 0 saturated heterocycles. The van der Waals surface area contributed by atoms with Crippen LogP contribution >= 0.6 is 23.4 Å². The van der Waals surface area contributed by atoms with Gasteiger partial charge in [0.25, 0.3) is 0 Å². The molecule has 2 aromatic rings. The highest BCUT2D eigenvalue weighted by Gasteiger charge is 2.23. The molecule has 21 heavy (non-hydrogen) atoms. The largest absolute Gasteiger partial charge is 0.297 e. The van der Waals surface area contributed by atoms with E-state index in [4.69, 9.17) is 18.0 Å². The Morgan fingerprint density at radius 2 is 2.10 bits per heavy atom. The van der Waals surface area contributed by atoms with Crippen LogP contribution in [-0.4, -0.2) is 6.04 Å². The molecule has 2 atom stereocenters. The molecule has 106 valence electrons. The molecule has 0 spiro atoms. The van der Waals surface area contributed by atoms with Gasteiger partial charge in [-0.05, 0) is 48.7 Å². The van der Waals surface area contributed by atoms with Gasteiger partial charge in [-0.1, -0.05) is 47.5 Å². The van der Waals surface area contributed by atoms with Gasteiger partial charge in [0.2, 0.25) is 0 Å². The first-order valence-corrected chi connectivity index (χ1v) is 8.14. The molecule has 1 heterocycles. The van der Waals surface area contributed by atoms with E-state index in [1.807, 2.05) is 13.0 Å². The first kappa shape index (κ1) is 14.5. The van der Waals surface area contributed by atoms with Gasteiger partial charge in [0.15, 0.2) is 0 Å². The number of benzene rings is 2. The number of nitrogens with one attached hydrogen (secondary N) is 1. The predicted octanol–water partition coefficient (Wildman–Crippen LogP) is 4.70. The van der Waals surface area contributed by atoms with Gasteiger partial charge in [-0.25, -0.2) is 0 Å². The highest BCUT2D eigenvalue weighted by atomic mass is 35.5. The number of terminal acetylenes is 1. The van der Waals surface area contributed by atoms with E-state index in [0.29, 0.717) is 0 Å². The second kappa shape index (κ2) is 6.15. The highest BCUT2D eigenvalue weighted by Crippen LogP contribution is 2.41. The van der Waals surface area contributed by atoms with E-state index in [1.54, 1.807) is 11.8 Å². The molecule has 1 nitrogen and oxygen atoms in total. The first-order valence-electron chi connectivity index (χ1n) is 6.95. The Labute approximate surface area is 135 Å². The lowest BCUT2D eigenvalue weighted by Gasteiger charge is -2.21. The SMILES string of the molecule is C#CC(C)NC1Cc2ccccc2Sc2ccc(Cl)cc21. The van der Waals surface area contributed by atoms with Gasteiger partial charge in [-0.3, -0.25) is 5.32 Å². The van der Waals surface area contributed by atoms with Crippen LogP contribution in [0.2, 0.25) is 5.02 Å². The molecule has 0 amide bonds. The Bertz CT molecular complexity index is 705. The van der Waals surface area contributed by atoms with Crippen molar-refractivity contribution in [1.29, 1.82) is 0 Å². The van der Waals surface area contributed by atoms with Crippen molar-refractivity contribution < 1.29 is 0 Å². The summed E-state index contributed by atoms with van der Waals surface area (Å²) in [6, 6.07) is 14.8. The Morgan fingerprint density at radius 3 is 2.90 bits per heavy atom. The summed E-state index contributed by atoms with van der Waals surface area (Å²) in [6.07, 6.45) is 6.45. The van der Waals surface area contributed by atoms with Crippen molar-refractivity contribution in [1.82, 2.24) is 5.32 Å². The van der Waals surface area contributed by atoms with Crippen molar-refractivity contribution >= 4 is 23.4 Å². The van der Waals surface area contributed by atoms with Gasteiger partial charge in [-0.15, -0.1) is 6.42 Å². The van der Waals surface area contributed by atoms with Crippen molar-refractivity contribution in [3.8, 4) is 12.3 Å². The maximum absolute atomic E-state index is 6.20. The second-order valence-electron chi connectivity index (χ2n) is 5.20. The van der Waals surface area contributed by atoms with E-state index < -0.39 is 0 Å². The maximum atomic E-state index is 6.20. The molecule has 0 aromatic heterocycles. The monoisotopic (exact) mass is 313 g/mol. The van der Waals surface area contributed by atoms with E-state index in [0.717, 1.165) is 11.4 Å². The van der Waals surface area contributed by atoms with Crippen molar-refractivity contribution in [3.63, 3.8) is 0 Å². The number of fused-ring (bicyclic) bond motifs is 2. The molecule has 3 rings (SSSR count). The number of rotatable bonds is 2. The molecule has 3 heteroatoms. The van der Waals surface area contributed by atoms with Gasteiger partial charge >= 0.3 is 0 Å². The highest BCUT2D eigenvalue weighted by molar-refractivity contribution is 7.99. The standard InChI is InChI=1S/C18H16ClNS/c1-3-12(2)20-16-10-13-6-4-5-7-17(13)21-18-9-8-14(19)11-15(16)18/h1,4-9,11-12,16,20H,10H2,2H3. The zero-order valence-electron chi connectivity index (χ0n) is 11.8. The van der Waals surface area contributed by atoms with Crippen LogP contribution < -0.4 is 5.32 Å². The molecule has 0 fully saturated rings. The van der Waals surface area contributed by atoms with Crippen LogP contribution in [0.15, 0.2) is 52.3 Å². The van der Waals surface area contributed by atoms with E-state index >= 15 is 0 Å². The van der Waals surface area contributed by atoms with E-state index in [2.05, 4.69) is 47.6 Å². The maximum Gasteiger partial charge on any atom is 0.0663 e. The lowest BCUT2D eigenvalue weighted by Crippen LogP contribution is -2.30. The van der Waals surface area contributed by atoms with Gasteiger partial charge in [0.05, 0.1) is 6.04 Å². The van der Waals surface area contributed by atoms with Gasteiger partial charge in [0, 0.05) is 20.9 Å². The molecule has 2 unspecified atom stereocenters. The summed E-state index contributed by atoms with van der Waals surface area (Å²) in [6.45, 7) is 2.01.